The fourth-order valence-electron chi connectivity index (χ4n) is 4.90. The van der Waals surface area contributed by atoms with Gasteiger partial charge in [-0.2, -0.15) is 0 Å². The van der Waals surface area contributed by atoms with Gasteiger partial charge < -0.3 is 21.1 Å². The maximum atomic E-state index is 13.0. The number of carbonyl (C=O) groups excluding carboxylic acids is 1. The number of hydrogen-bond donors (Lipinski definition) is 5. The van der Waals surface area contributed by atoms with Crippen LogP contribution in [0.5, 0.6) is 0 Å². The smallest absolute Gasteiger partial charge is 0.258 e. The van der Waals surface area contributed by atoms with E-state index >= 15 is 0 Å². The molecule has 1 aliphatic carbocycles. The molecule has 5 N–H and O–H groups in total. The van der Waals surface area contributed by atoms with Gasteiger partial charge in [0.15, 0.2) is 0 Å². The first-order valence-electron chi connectivity index (χ1n) is 13.0. The van der Waals surface area contributed by atoms with E-state index < -0.39 is 5.60 Å². The van der Waals surface area contributed by atoms with Gasteiger partial charge in [-0.3, -0.25) is 10.2 Å². The molecule has 1 aromatic carbocycles. The first-order chi connectivity index (χ1) is 16.9. The van der Waals surface area contributed by atoms with Gasteiger partial charge in [-0.15, -0.1) is 0 Å². The lowest BCUT2D eigenvalue weighted by molar-refractivity contribution is -0.115. The summed E-state index contributed by atoms with van der Waals surface area (Å²) >= 11 is 0. The molecule has 2 atom stereocenters. The first-order valence-corrected chi connectivity index (χ1v) is 13.0. The van der Waals surface area contributed by atoms with Gasteiger partial charge in [-0.25, -0.2) is 0 Å². The molecular formula is C30H42N4O2. The number of amidine groups is 1. The van der Waals surface area contributed by atoms with Crippen molar-refractivity contribution in [3.63, 3.8) is 0 Å². The quantitative estimate of drug-likeness (QED) is 0.189. The highest BCUT2D eigenvalue weighted by Crippen LogP contribution is 2.42. The van der Waals surface area contributed by atoms with Crippen molar-refractivity contribution in [2.24, 2.45) is 5.92 Å². The topological polar surface area (TPSA) is 97.2 Å². The summed E-state index contributed by atoms with van der Waals surface area (Å²) in [6.45, 7) is 14.4. The molecule has 1 aliphatic heterocycles. The van der Waals surface area contributed by atoms with Gasteiger partial charge in [-0.1, -0.05) is 44.2 Å². The van der Waals surface area contributed by atoms with E-state index in [1.54, 1.807) is 19.9 Å². The normalized spacial score (nSPS) is 21.3. The Labute approximate surface area is 216 Å². The number of allylic oxidation sites excluding steroid dienone is 5. The van der Waals surface area contributed by atoms with Gasteiger partial charge in [0.2, 0.25) is 0 Å². The van der Waals surface area contributed by atoms with Crippen LogP contribution in [0.15, 0.2) is 64.7 Å². The minimum atomic E-state index is -0.736. The Bertz CT molecular complexity index is 1150. The van der Waals surface area contributed by atoms with Crippen molar-refractivity contribution in [1.82, 2.24) is 16.0 Å². The van der Waals surface area contributed by atoms with E-state index in [2.05, 4.69) is 67.1 Å². The highest BCUT2D eigenvalue weighted by molar-refractivity contribution is 6.06. The van der Waals surface area contributed by atoms with Crippen LogP contribution in [0, 0.1) is 18.3 Å². The summed E-state index contributed by atoms with van der Waals surface area (Å²) in [6, 6.07) is 6.70. The van der Waals surface area contributed by atoms with Gasteiger partial charge in [-0.05, 0) is 82.6 Å². The summed E-state index contributed by atoms with van der Waals surface area (Å²) in [7, 11) is 0. The molecule has 2 aliphatic rings. The van der Waals surface area contributed by atoms with Crippen molar-refractivity contribution in [3.8, 4) is 0 Å². The van der Waals surface area contributed by atoms with E-state index in [-0.39, 0.29) is 17.7 Å². The van der Waals surface area contributed by atoms with Crippen LogP contribution in [0.1, 0.15) is 77.0 Å². The zero-order valence-electron chi connectivity index (χ0n) is 22.8. The van der Waals surface area contributed by atoms with E-state index in [1.165, 1.54) is 16.7 Å². The molecular weight excluding hydrogens is 448 g/mol. The number of aryl methyl sites for hydroxylation is 2. The van der Waals surface area contributed by atoms with Crippen molar-refractivity contribution in [3.05, 3.63) is 81.4 Å². The number of nitrogens with one attached hydrogen (secondary N) is 4. The molecule has 1 fully saturated rings. The third-order valence-electron chi connectivity index (χ3n) is 7.00. The van der Waals surface area contributed by atoms with Crippen molar-refractivity contribution in [2.75, 3.05) is 6.54 Å². The van der Waals surface area contributed by atoms with E-state index in [4.69, 9.17) is 5.41 Å². The van der Waals surface area contributed by atoms with Crippen molar-refractivity contribution < 1.29 is 9.90 Å². The summed E-state index contributed by atoms with van der Waals surface area (Å²) in [5.41, 5.74) is 7.02. The zero-order valence-corrected chi connectivity index (χ0v) is 22.8. The van der Waals surface area contributed by atoms with E-state index in [0.717, 1.165) is 29.8 Å². The van der Waals surface area contributed by atoms with E-state index in [0.29, 0.717) is 30.2 Å². The minimum absolute atomic E-state index is 0.135. The molecule has 1 aromatic rings. The van der Waals surface area contributed by atoms with Crippen molar-refractivity contribution >= 4 is 11.7 Å². The van der Waals surface area contributed by atoms with E-state index in [9.17, 15) is 9.90 Å². The second kappa shape index (κ2) is 11.3. The van der Waals surface area contributed by atoms with Crippen LogP contribution < -0.4 is 16.0 Å². The Balaban J connectivity index is 1.87. The molecule has 36 heavy (non-hydrogen) atoms. The third-order valence-corrected chi connectivity index (χ3v) is 7.00. The third kappa shape index (κ3) is 6.55. The highest BCUT2D eigenvalue weighted by atomic mass is 16.3. The maximum absolute atomic E-state index is 13.0. The molecule has 1 amide bonds. The van der Waals surface area contributed by atoms with Gasteiger partial charge in [0, 0.05) is 35.1 Å². The number of carbonyl (C=O) groups is 1. The Morgan fingerprint density at radius 1 is 1.22 bits per heavy atom. The summed E-state index contributed by atoms with van der Waals surface area (Å²) in [4.78, 5) is 13.0. The molecule has 3 rings (SSSR count). The Hall–Kier alpha value is -3.12. The molecule has 6 nitrogen and oxygen atoms in total. The first kappa shape index (κ1) is 27.5. The molecule has 194 valence electrons. The molecule has 0 bridgehead atoms. The molecule has 0 aromatic heterocycles. The molecule has 6 heteroatoms. The number of hydrogen-bond acceptors (Lipinski definition) is 4. The molecule has 0 radical (unpaired) electrons. The SMILES string of the molecule is CCc1ccc(C)c(C2C=C3C(=CC2CC)NC(=O)/C3=C(/C)NC(=N)/C=C(/C)NCCC(C)(C)O)c1. The predicted octanol–water partition coefficient (Wildman–Crippen LogP) is 5.12. The molecule has 1 heterocycles. The lowest BCUT2D eigenvalue weighted by atomic mass is 9.76. The summed E-state index contributed by atoms with van der Waals surface area (Å²) in [6.07, 6.45) is 8.72. The van der Waals surface area contributed by atoms with Crippen LogP contribution in [0.2, 0.25) is 0 Å². The summed E-state index contributed by atoms with van der Waals surface area (Å²) in [5.74, 6) is 0.562. The molecule has 0 spiro atoms. The van der Waals surface area contributed by atoms with Crippen LogP contribution in [-0.4, -0.2) is 29.0 Å². The highest BCUT2D eigenvalue weighted by Gasteiger charge is 2.35. The van der Waals surface area contributed by atoms with Crippen molar-refractivity contribution in [1.29, 1.82) is 5.41 Å². The van der Waals surface area contributed by atoms with E-state index in [1.807, 2.05) is 13.8 Å². The average Bonchev–Trinajstić information content (AvgIpc) is 3.12. The average molecular weight is 491 g/mol. The Morgan fingerprint density at radius 2 is 1.94 bits per heavy atom. The number of rotatable bonds is 9. The lowest BCUT2D eigenvalue weighted by Gasteiger charge is -2.28. The molecule has 2 unspecified atom stereocenters. The molecule has 0 saturated carbocycles. The monoisotopic (exact) mass is 490 g/mol. The van der Waals surface area contributed by atoms with Crippen LogP contribution in [0.3, 0.4) is 0 Å². The summed E-state index contributed by atoms with van der Waals surface area (Å²) < 4.78 is 0. The lowest BCUT2D eigenvalue weighted by Crippen LogP contribution is -2.27. The second-order valence-electron chi connectivity index (χ2n) is 10.6. The number of aliphatic hydroxyl groups is 1. The van der Waals surface area contributed by atoms with Gasteiger partial charge >= 0.3 is 0 Å². The maximum Gasteiger partial charge on any atom is 0.258 e. The Kier molecular flexibility index (Phi) is 8.62. The second-order valence-corrected chi connectivity index (χ2v) is 10.6. The van der Waals surface area contributed by atoms with Gasteiger partial charge in [0.05, 0.1) is 11.2 Å². The molecule has 1 saturated heterocycles. The largest absolute Gasteiger partial charge is 0.390 e. The van der Waals surface area contributed by atoms with Crippen LogP contribution in [-0.2, 0) is 11.2 Å². The van der Waals surface area contributed by atoms with Crippen LogP contribution in [0.4, 0.5) is 0 Å². The number of amides is 1. The fourth-order valence-corrected chi connectivity index (χ4v) is 4.90. The summed E-state index contributed by atoms with van der Waals surface area (Å²) in [5, 5.41) is 27.6. The zero-order chi connectivity index (χ0) is 26.6. The predicted molar refractivity (Wildman–Crippen MR) is 148 cm³/mol. The van der Waals surface area contributed by atoms with Crippen LogP contribution >= 0.6 is 0 Å². The van der Waals surface area contributed by atoms with Crippen LogP contribution in [0.25, 0.3) is 0 Å². The number of benzene rings is 1. The van der Waals surface area contributed by atoms with Crippen molar-refractivity contribution in [2.45, 2.75) is 79.2 Å². The standard InChI is InChI=1S/C30H42N4O2/c1-8-21-11-10-18(3)23(15-21)24-17-25-26(16-22(24)9-2)34-29(35)28(25)20(5)33-27(31)14-19(4)32-13-12-30(6,7)36/h10-11,14-17,22,24,32,36H,8-9,12-13H2,1-7H3,(H2,31,33)(H,34,35)/b19-14-,28-20-. The minimum Gasteiger partial charge on any atom is -0.390 e. The Morgan fingerprint density at radius 3 is 2.58 bits per heavy atom. The van der Waals surface area contributed by atoms with Gasteiger partial charge in [0.1, 0.15) is 5.84 Å². The number of fused-ring (bicyclic) bond motifs is 1. The fraction of sp³-hybridized carbons (Fsp3) is 0.467. The van der Waals surface area contributed by atoms with Gasteiger partial charge in [0.25, 0.3) is 5.91 Å².